The molecule has 0 aromatic heterocycles. The molecule has 78 valence electrons. The van der Waals surface area contributed by atoms with Gasteiger partial charge in [0, 0.05) is 9.37 Å². The Morgan fingerprint density at radius 1 is 1.29 bits per heavy atom. The normalized spacial score (nSPS) is 11.9. The molecule has 0 radical (unpaired) electrons. The first-order valence-corrected chi connectivity index (χ1v) is 5.49. The van der Waals surface area contributed by atoms with Crippen molar-refractivity contribution in [1.29, 1.82) is 0 Å². The standard InChI is InChI=1S/C8H5BrF4S/c1-14-5-3-2-4(9)6(7(5)10)8(11,12)13/h2-3H,1H3. The van der Waals surface area contributed by atoms with E-state index in [4.69, 9.17) is 0 Å². The molecule has 0 heterocycles. The van der Waals surface area contributed by atoms with Crippen molar-refractivity contribution in [3.63, 3.8) is 0 Å². The molecule has 6 heteroatoms. The van der Waals surface area contributed by atoms with Crippen LogP contribution in [0.5, 0.6) is 0 Å². The number of halogens is 5. The molecule has 14 heavy (non-hydrogen) atoms. The third-order valence-corrected chi connectivity index (χ3v) is 2.98. The Morgan fingerprint density at radius 3 is 2.29 bits per heavy atom. The summed E-state index contributed by atoms with van der Waals surface area (Å²) < 4.78 is 50.0. The number of hydrogen-bond acceptors (Lipinski definition) is 1. The molecule has 0 aliphatic heterocycles. The van der Waals surface area contributed by atoms with Crippen molar-refractivity contribution < 1.29 is 17.6 Å². The molecule has 1 rings (SSSR count). The van der Waals surface area contributed by atoms with Gasteiger partial charge in [-0.05, 0) is 18.4 Å². The average Bonchev–Trinajstić information content (AvgIpc) is 2.02. The molecular weight excluding hydrogens is 284 g/mol. The van der Waals surface area contributed by atoms with Crippen molar-refractivity contribution in [2.75, 3.05) is 6.26 Å². The Hall–Kier alpha value is -0.230. The fourth-order valence-corrected chi connectivity index (χ4v) is 1.97. The van der Waals surface area contributed by atoms with Crippen LogP contribution in [0.25, 0.3) is 0 Å². The van der Waals surface area contributed by atoms with Gasteiger partial charge in [-0.25, -0.2) is 4.39 Å². The van der Waals surface area contributed by atoms with Gasteiger partial charge in [-0.15, -0.1) is 11.8 Å². The van der Waals surface area contributed by atoms with Crippen molar-refractivity contribution in [3.8, 4) is 0 Å². The number of benzene rings is 1. The maximum absolute atomic E-state index is 13.3. The maximum Gasteiger partial charge on any atom is 0.420 e. The lowest BCUT2D eigenvalue weighted by Crippen LogP contribution is -2.10. The molecule has 0 saturated heterocycles. The number of thioether (sulfide) groups is 1. The lowest BCUT2D eigenvalue weighted by atomic mass is 10.2. The SMILES string of the molecule is CSc1ccc(Br)c(C(F)(F)F)c1F. The Labute approximate surface area is 90.8 Å². The zero-order valence-electron chi connectivity index (χ0n) is 6.95. The third-order valence-electron chi connectivity index (χ3n) is 1.56. The quantitative estimate of drug-likeness (QED) is 0.548. The lowest BCUT2D eigenvalue weighted by Gasteiger charge is -2.11. The fraction of sp³-hybridized carbons (Fsp3) is 0.250. The number of rotatable bonds is 1. The minimum atomic E-state index is -4.67. The lowest BCUT2D eigenvalue weighted by molar-refractivity contribution is -0.140. The van der Waals surface area contributed by atoms with E-state index in [0.717, 1.165) is 11.8 Å². The highest BCUT2D eigenvalue weighted by Gasteiger charge is 2.37. The highest BCUT2D eigenvalue weighted by Crippen LogP contribution is 2.39. The van der Waals surface area contributed by atoms with Gasteiger partial charge in [-0.2, -0.15) is 13.2 Å². The van der Waals surface area contributed by atoms with Crippen LogP contribution in [0.2, 0.25) is 0 Å². The second-order valence-electron chi connectivity index (χ2n) is 2.44. The highest BCUT2D eigenvalue weighted by atomic mass is 79.9. The van der Waals surface area contributed by atoms with Crippen LogP contribution in [0.1, 0.15) is 5.56 Å². The number of alkyl halides is 3. The molecule has 0 amide bonds. The summed E-state index contributed by atoms with van der Waals surface area (Å²) in [6.07, 6.45) is -3.15. The van der Waals surface area contributed by atoms with Gasteiger partial charge in [-0.3, -0.25) is 0 Å². The van der Waals surface area contributed by atoms with Gasteiger partial charge < -0.3 is 0 Å². The Morgan fingerprint density at radius 2 is 1.86 bits per heavy atom. The molecule has 0 N–H and O–H groups in total. The summed E-state index contributed by atoms with van der Waals surface area (Å²) in [5.41, 5.74) is -1.25. The summed E-state index contributed by atoms with van der Waals surface area (Å²) in [5.74, 6) is -1.22. The first-order chi connectivity index (χ1) is 6.38. The van der Waals surface area contributed by atoms with Crippen LogP contribution in [-0.2, 0) is 6.18 Å². The Balaban J connectivity index is 3.40. The first kappa shape index (κ1) is 11.8. The molecule has 0 aliphatic carbocycles. The summed E-state index contributed by atoms with van der Waals surface area (Å²) in [6, 6.07) is 2.50. The zero-order valence-corrected chi connectivity index (χ0v) is 9.36. The molecule has 1 aromatic carbocycles. The summed E-state index contributed by atoms with van der Waals surface area (Å²) in [5, 5.41) is 0. The predicted molar refractivity (Wildman–Crippen MR) is 50.9 cm³/mol. The first-order valence-electron chi connectivity index (χ1n) is 3.47. The van der Waals surface area contributed by atoms with Crippen molar-refractivity contribution in [2.24, 2.45) is 0 Å². The molecule has 0 spiro atoms. The highest BCUT2D eigenvalue weighted by molar-refractivity contribution is 9.10. The summed E-state index contributed by atoms with van der Waals surface area (Å²) in [4.78, 5) is -0.0134. The molecule has 0 atom stereocenters. The Bertz CT molecular complexity index is 348. The van der Waals surface area contributed by atoms with Crippen molar-refractivity contribution in [2.45, 2.75) is 11.1 Å². The van der Waals surface area contributed by atoms with E-state index in [1.807, 2.05) is 0 Å². The van der Waals surface area contributed by atoms with Crippen LogP contribution < -0.4 is 0 Å². The largest absolute Gasteiger partial charge is 0.420 e. The minimum absolute atomic E-state index is 0.0134. The van der Waals surface area contributed by atoms with Crippen LogP contribution >= 0.6 is 27.7 Å². The molecule has 0 fully saturated rings. The maximum atomic E-state index is 13.3. The smallest absolute Gasteiger partial charge is 0.205 e. The van der Waals surface area contributed by atoms with Crippen LogP contribution in [0, 0.1) is 5.82 Å². The second-order valence-corrected chi connectivity index (χ2v) is 4.14. The Kier molecular flexibility index (Phi) is 3.47. The summed E-state index contributed by atoms with van der Waals surface area (Å²) in [7, 11) is 0. The van der Waals surface area contributed by atoms with Crippen molar-refractivity contribution in [1.82, 2.24) is 0 Å². The zero-order chi connectivity index (χ0) is 10.9. The van der Waals surface area contributed by atoms with Gasteiger partial charge in [0.15, 0.2) is 0 Å². The molecule has 1 aromatic rings. The van der Waals surface area contributed by atoms with Gasteiger partial charge in [0.1, 0.15) is 11.4 Å². The van der Waals surface area contributed by atoms with E-state index >= 15 is 0 Å². The van der Waals surface area contributed by atoms with E-state index in [2.05, 4.69) is 15.9 Å². The minimum Gasteiger partial charge on any atom is -0.205 e. The van der Waals surface area contributed by atoms with E-state index in [1.165, 1.54) is 18.4 Å². The van der Waals surface area contributed by atoms with Gasteiger partial charge in [0.25, 0.3) is 0 Å². The van der Waals surface area contributed by atoms with Crippen LogP contribution in [0.3, 0.4) is 0 Å². The summed E-state index contributed by atoms with van der Waals surface area (Å²) in [6.45, 7) is 0. The van der Waals surface area contributed by atoms with Gasteiger partial charge in [-0.1, -0.05) is 15.9 Å². The third kappa shape index (κ3) is 2.23. The molecule has 0 bridgehead atoms. The molecule has 0 nitrogen and oxygen atoms in total. The van der Waals surface area contributed by atoms with Crippen molar-refractivity contribution in [3.05, 3.63) is 28.0 Å². The topological polar surface area (TPSA) is 0 Å². The van der Waals surface area contributed by atoms with Gasteiger partial charge in [0.2, 0.25) is 0 Å². The monoisotopic (exact) mass is 288 g/mol. The van der Waals surface area contributed by atoms with Crippen LogP contribution in [0.15, 0.2) is 21.5 Å². The average molecular weight is 289 g/mol. The van der Waals surface area contributed by atoms with Gasteiger partial charge in [0.05, 0.1) is 0 Å². The fourth-order valence-electron chi connectivity index (χ4n) is 0.951. The second kappa shape index (κ2) is 4.10. The molecule has 0 unspecified atom stereocenters. The van der Waals surface area contributed by atoms with E-state index < -0.39 is 17.6 Å². The van der Waals surface area contributed by atoms with Crippen LogP contribution in [-0.4, -0.2) is 6.26 Å². The molecule has 0 saturated carbocycles. The van der Waals surface area contributed by atoms with E-state index in [9.17, 15) is 17.6 Å². The van der Waals surface area contributed by atoms with Gasteiger partial charge >= 0.3 is 6.18 Å². The molecule has 0 aliphatic rings. The van der Waals surface area contributed by atoms with Crippen molar-refractivity contribution >= 4 is 27.7 Å². The van der Waals surface area contributed by atoms with Crippen LogP contribution in [0.4, 0.5) is 17.6 Å². The van der Waals surface area contributed by atoms with E-state index in [0.29, 0.717) is 0 Å². The summed E-state index contributed by atoms with van der Waals surface area (Å²) >= 11 is 3.62. The van der Waals surface area contributed by atoms with E-state index in [-0.39, 0.29) is 9.37 Å². The predicted octanol–water partition coefficient (Wildman–Crippen LogP) is 4.33. The van der Waals surface area contributed by atoms with E-state index in [1.54, 1.807) is 0 Å². The number of hydrogen-bond donors (Lipinski definition) is 0. The molecular formula is C8H5BrF4S.